The molecule has 0 spiro atoms. The fraction of sp³-hybridized carbons (Fsp3) is 0.235. The Labute approximate surface area is 130 Å². The maximum Gasteiger partial charge on any atom is 0.125 e. The maximum atomic E-state index is 7.50. The second-order valence-corrected chi connectivity index (χ2v) is 4.98. The van der Waals surface area contributed by atoms with Gasteiger partial charge in [0.15, 0.2) is 0 Å². The highest BCUT2D eigenvalue weighted by Gasteiger charge is 2.07. The highest BCUT2D eigenvalue weighted by atomic mass is 16.5. The number of ether oxygens (including phenoxy) is 2. The van der Waals surface area contributed by atoms with Gasteiger partial charge in [0.1, 0.15) is 18.2 Å². The number of nitrogens with one attached hydrogen (secondary N) is 1. The second kappa shape index (κ2) is 7.59. The lowest BCUT2D eigenvalue weighted by atomic mass is 10.1. The van der Waals surface area contributed by atoms with E-state index in [0.29, 0.717) is 25.3 Å². The van der Waals surface area contributed by atoms with Crippen molar-refractivity contribution in [1.29, 1.82) is 5.41 Å². The van der Waals surface area contributed by atoms with Crippen LogP contribution in [-0.2, 0) is 24.5 Å². The highest BCUT2D eigenvalue weighted by Crippen LogP contribution is 2.22. The van der Waals surface area contributed by atoms with Gasteiger partial charge in [-0.05, 0) is 29.3 Å². The van der Waals surface area contributed by atoms with Crippen molar-refractivity contribution in [3.63, 3.8) is 0 Å². The van der Waals surface area contributed by atoms with E-state index in [-0.39, 0.29) is 5.84 Å². The van der Waals surface area contributed by atoms with Gasteiger partial charge in [0.2, 0.25) is 0 Å². The molecule has 0 aliphatic heterocycles. The lowest BCUT2D eigenvalue weighted by molar-refractivity contribution is 0.179. The van der Waals surface area contributed by atoms with E-state index < -0.39 is 0 Å². The number of rotatable bonds is 7. The molecule has 0 aromatic heterocycles. The molecule has 0 bridgehead atoms. The first-order chi connectivity index (χ1) is 10.6. The van der Waals surface area contributed by atoms with Gasteiger partial charge >= 0.3 is 0 Å². The zero-order valence-electron chi connectivity index (χ0n) is 12.6. The molecule has 0 aliphatic carbocycles. The van der Waals surface area contributed by atoms with Gasteiger partial charge < -0.3 is 20.9 Å². The first kappa shape index (κ1) is 16.0. The topological polar surface area (TPSA) is 94.3 Å². The van der Waals surface area contributed by atoms with Gasteiger partial charge in [-0.3, -0.25) is 5.41 Å². The third-order valence-electron chi connectivity index (χ3n) is 3.32. The smallest absolute Gasteiger partial charge is 0.125 e. The van der Waals surface area contributed by atoms with Crippen LogP contribution in [-0.4, -0.2) is 12.9 Å². The molecule has 0 fully saturated rings. The molecule has 0 radical (unpaired) electrons. The quantitative estimate of drug-likeness (QED) is 0.539. The Morgan fingerprint density at radius 1 is 1.05 bits per heavy atom. The van der Waals surface area contributed by atoms with Crippen molar-refractivity contribution in [3.05, 3.63) is 64.7 Å². The average molecular weight is 299 g/mol. The van der Waals surface area contributed by atoms with Crippen molar-refractivity contribution in [1.82, 2.24) is 0 Å². The minimum absolute atomic E-state index is 0.0290. The molecule has 0 atom stereocenters. The third-order valence-corrected chi connectivity index (χ3v) is 3.32. The Bertz CT molecular complexity index is 639. The molecule has 0 unspecified atom stereocenters. The third kappa shape index (κ3) is 4.07. The van der Waals surface area contributed by atoms with Crippen LogP contribution in [0.5, 0.6) is 5.75 Å². The maximum absolute atomic E-state index is 7.50. The largest absolute Gasteiger partial charge is 0.489 e. The number of methoxy groups -OCH3 is 1. The van der Waals surface area contributed by atoms with Crippen LogP contribution in [0.15, 0.2) is 42.5 Å². The van der Waals surface area contributed by atoms with E-state index in [1.165, 1.54) is 0 Å². The fourth-order valence-electron chi connectivity index (χ4n) is 2.09. The summed E-state index contributed by atoms with van der Waals surface area (Å²) in [5.41, 5.74) is 14.8. The lowest BCUT2D eigenvalue weighted by Crippen LogP contribution is -2.12. The molecule has 0 amide bonds. The molecule has 2 aromatic rings. The van der Waals surface area contributed by atoms with Crippen molar-refractivity contribution in [3.8, 4) is 5.75 Å². The number of hydrogen-bond acceptors (Lipinski definition) is 4. The second-order valence-electron chi connectivity index (χ2n) is 4.98. The van der Waals surface area contributed by atoms with Gasteiger partial charge in [0.05, 0.1) is 6.61 Å². The number of hydrogen-bond donors (Lipinski definition) is 3. The number of benzene rings is 2. The van der Waals surface area contributed by atoms with E-state index in [4.69, 9.17) is 26.4 Å². The molecular weight excluding hydrogens is 278 g/mol. The summed E-state index contributed by atoms with van der Waals surface area (Å²) in [6.45, 7) is 1.40. The molecule has 2 aromatic carbocycles. The molecular formula is C17H21N3O2. The fourth-order valence-corrected chi connectivity index (χ4v) is 2.09. The lowest BCUT2D eigenvalue weighted by Gasteiger charge is -2.13. The molecule has 5 nitrogen and oxygen atoms in total. The minimum atomic E-state index is 0.0290. The molecule has 0 heterocycles. The number of amidine groups is 1. The molecule has 2 rings (SSSR count). The summed E-state index contributed by atoms with van der Waals surface area (Å²) in [5, 5.41) is 7.50. The van der Waals surface area contributed by atoms with Crippen molar-refractivity contribution < 1.29 is 9.47 Å². The molecule has 0 saturated heterocycles. The van der Waals surface area contributed by atoms with E-state index in [1.807, 2.05) is 36.4 Å². The Hall–Kier alpha value is -2.37. The van der Waals surface area contributed by atoms with Gasteiger partial charge in [0, 0.05) is 24.8 Å². The van der Waals surface area contributed by atoms with Gasteiger partial charge in [-0.1, -0.05) is 24.3 Å². The SMILES string of the molecule is COCc1cc(C(=N)N)ccc1OCc1ccc(CN)cc1. The summed E-state index contributed by atoms with van der Waals surface area (Å²) in [5.74, 6) is 0.760. The molecule has 22 heavy (non-hydrogen) atoms. The van der Waals surface area contributed by atoms with Crippen LogP contribution in [0.4, 0.5) is 0 Å². The van der Waals surface area contributed by atoms with Crippen molar-refractivity contribution in [2.45, 2.75) is 19.8 Å². The Morgan fingerprint density at radius 3 is 2.32 bits per heavy atom. The van der Waals surface area contributed by atoms with E-state index in [1.54, 1.807) is 13.2 Å². The van der Waals surface area contributed by atoms with Crippen molar-refractivity contribution >= 4 is 5.84 Å². The van der Waals surface area contributed by atoms with Crippen molar-refractivity contribution in [2.75, 3.05) is 7.11 Å². The first-order valence-electron chi connectivity index (χ1n) is 7.01. The first-order valence-corrected chi connectivity index (χ1v) is 7.01. The van der Waals surface area contributed by atoms with Crippen molar-refractivity contribution in [2.24, 2.45) is 11.5 Å². The Kier molecular flexibility index (Phi) is 5.52. The summed E-state index contributed by atoms with van der Waals surface area (Å²) in [4.78, 5) is 0. The molecule has 116 valence electrons. The summed E-state index contributed by atoms with van der Waals surface area (Å²) in [7, 11) is 1.62. The van der Waals surface area contributed by atoms with Crippen LogP contribution in [0.1, 0.15) is 22.3 Å². The molecule has 5 N–H and O–H groups in total. The van der Waals surface area contributed by atoms with Gasteiger partial charge in [-0.15, -0.1) is 0 Å². The standard InChI is InChI=1S/C17H21N3O2/c1-21-11-15-8-14(17(19)20)6-7-16(15)22-10-13-4-2-12(9-18)3-5-13/h2-8H,9-11,18H2,1H3,(H3,19,20). The molecule has 5 heteroatoms. The van der Waals surface area contributed by atoms with E-state index in [0.717, 1.165) is 22.4 Å². The van der Waals surface area contributed by atoms with Crippen LogP contribution in [0, 0.1) is 5.41 Å². The summed E-state index contributed by atoms with van der Waals surface area (Å²) < 4.78 is 11.0. The predicted octanol–water partition coefficient (Wildman–Crippen LogP) is 2.15. The van der Waals surface area contributed by atoms with Gasteiger partial charge in [-0.25, -0.2) is 0 Å². The highest BCUT2D eigenvalue weighted by molar-refractivity contribution is 5.95. The predicted molar refractivity (Wildman–Crippen MR) is 86.8 cm³/mol. The molecule has 0 aliphatic rings. The zero-order chi connectivity index (χ0) is 15.9. The minimum Gasteiger partial charge on any atom is -0.489 e. The van der Waals surface area contributed by atoms with Crippen LogP contribution >= 0.6 is 0 Å². The monoisotopic (exact) mass is 299 g/mol. The van der Waals surface area contributed by atoms with E-state index >= 15 is 0 Å². The summed E-state index contributed by atoms with van der Waals surface area (Å²) >= 11 is 0. The molecule has 0 saturated carbocycles. The van der Waals surface area contributed by atoms with E-state index in [9.17, 15) is 0 Å². The summed E-state index contributed by atoms with van der Waals surface area (Å²) in [6.07, 6.45) is 0. The van der Waals surface area contributed by atoms with Crippen LogP contribution in [0.3, 0.4) is 0 Å². The number of nitrogens with two attached hydrogens (primary N) is 2. The normalized spacial score (nSPS) is 10.5. The van der Waals surface area contributed by atoms with Crippen LogP contribution in [0.25, 0.3) is 0 Å². The van der Waals surface area contributed by atoms with Crippen LogP contribution < -0.4 is 16.2 Å². The summed E-state index contributed by atoms with van der Waals surface area (Å²) in [6, 6.07) is 13.4. The Balaban J connectivity index is 2.11. The number of nitrogen functional groups attached to an aromatic ring is 1. The zero-order valence-corrected chi connectivity index (χ0v) is 12.6. The van der Waals surface area contributed by atoms with Gasteiger partial charge in [0.25, 0.3) is 0 Å². The van der Waals surface area contributed by atoms with E-state index in [2.05, 4.69) is 0 Å². The van der Waals surface area contributed by atoms with Gasteiger partial charge in [-0.2, -0.15) is 0 Å². The average Bonchev–Trinajstić information content (AvgIpc) is 2.54. The van der Waals surface area contributed by atoms with Crippen LogP contribution in [0.2, 0.25) is 0 Å². The Morgan fingerprint density at radius 2 is 1.73 bits per heavy atom.